The number of carbonyl (C=O) groups excluding carboxylic acids is 1. The molecule has 3 aromatic rings. The third-order valence-electron chi connectivity index (χ3n) is 5.33. The summed E-state index contributed by atoms with van der Waals surface area (Å²) < 4.78 is 5.43. The predicted molar refractivity (Wildman–Crippen MR) is 140 cm³/mol. The molecular weight excluding hydrogens is 475 g/mol. The van der Waals surface area contributed by atoms with Gasteiger partial charge in [-0.05, 0) is 91.2 Å². The van der Waals surface area contributed by atoms with Crippen molar-refractivity contribution in [3.8, 4) is 5.75 Å². The number of thioether (sulfide) groups is 1. The van der Waals surface area contributed by atoms with Gasteiger partial charge in [0.05, 0.1) is 23.4 Å². The number of aliphatic imine (C=N–C) groups is 1. The summed E-state index contributed by atoms with van der Waals surface area (Å²) in [4.78, 5) is 20.4. The highest BCUT2D eigenvalue weighted by molar-refractivity contribution is 8.19. The molecule has 33 heavy (non-hydrogen) atoms. The molecule has 1 amide bonds. The van der Waals surface area contributed by atoms with E-state index in [1.165, 1.54) is 11.8 Å². The van der Waals surface area contributed by atoms with Crippen LogP contribution in [-0.2, 0) is 4.79 Å². The Morgan fingerprint density at radius 3 is 2.24 bits per heavy atom. The first kappa shape index (κ1) is 23.4. The van der Waals surface area contributed by atoms with Crippen molar-refractivity contribution in [2.45, 2.75) is 20.8 Å². The van der Waals surface area contributed by atoms with Crippen molar-refractivity contribution >= 4 is 63.5 Å². The summed E-state index contributed by atoms with van der Waals surface area (Å²) in [6.45, 7) is 5.84. The zero-order chi connectivity index (χ0) is 23.7. The van der Waals surface area contributed by atoms with Gasteiger partial charge < -0.3 is 4.74 Å². The Morgan fingerprint density at radius 1 is 0.909 bits per heavy atom. The third-order valence-corrected chi connectivity index (χ3v) is 7.11. The lowest BCUT2D eigenvalue weighted by Crippen LogP contribution is -2.28. The number of halogens is 2. The lowest BCUT2D eigenvalue weighted by Gasteiger charge is -2.16. The molecule has 0 aromatic heterocycles. The minimum Gasteiger partial charge on any atom is -0.496 e. The molecule has 0 unspecified atom stereocenters. The molecule has 1 saturated heterocycles. The first-order valence-corrected chi connectivity index (χ1v) is 11.8. The lowest BCUT2D eigenvalue weighted by molar-refractivity contribution is -0.113. The molecule has 168 valence electrons. The fourth-order valence-electron chi connectivity index (χ4n) is 3.34. The topological polar surface area (TPSA) is 41.9 Å². The number of amides is 1. The minimum atomic E-state index is -0.170. The summed E-state index contributed by atoms with van der Waals surface area (Å²) in [6.07, 6.45) is 1.85. The highest BCUT2D eigenvalue weighted by Gasteiger charge is 2.35. The van der Waals surface area contributed by atoms with Gasteiger partial charge in [0.2, 0.25) is 0 Å². The molecule has 3 aromatic carbocycles. The molecule has 1 aliphatic heterocycles. The number of carbonyl (C=O) groups is 1. The standard InChI is InChI=1S/C26H22Cl2N2O2S/c1-15-6-9-19(13-21(15)27)29-26-30(20-10-7-16(2)22(28)14-20)25(31)24(33-26)12-18-8-5-17(3)23(11-18)32-4/h5-14H,1-4H3/b24-12-,29-26?. The van der Waals surface area contributed by atoms with Crippen molar-refractivity contribution in [3.63, 3.8) is 0 Å². The maximum atomic E-state index is 13.5. The molecule has 1 fully saturated rings. The molecule has 4 nitrogen and oxygen atoms in total. The number of methoxy groups -OCH3 is 1. The second-order valence-corrected chi connectivity index (χ2v) is 9.57. The third kappa shape index (κ3) is 4.96. The van der Waals surface area contributed by atoms with E-state index in [0.717, 1.165) is 28.0 Å². The lowest BCUT2D eigenvalue weighted by atomic mass is 10.1. The van der Waals surface area contributed by atoms with Crippen LogP contribution in [0.25, 0.3) is 6.08 Å². The van der Waals surface area contributed by atoms with Gasteiger partial charge in [-0.15, -0.1) is 0 Å². The summed E-state index contributed by atoms with van der Waals surface area (Å²) >= 11 is 14.0. The van der Waals surface area contributed by atoms with E-state index in [-0.39, 0.29) is 5.91 Å². The number of hydrogen-bond donors (Lipinski definition) is 0. The average molecular weight is 497 g/mol. The van der Waals surface area contributed by atoms with Gasteiger partial charge in [0.15, 0.2) is 5.17 Å². The van der Waals surface area contributed by atoms with Gasteiger partial charge in [-0.25, -0.2) is 4.99 Å². The number of aryl methyl sites for hydroxylation is 3. The van der Waals surface area contributed by atoms with Crippen LogP contribution in [0.4, 0.5) is 11.4 Å². The molecule has 1 heterocycles. The second-order valence-electron chi connectivity index (χ2n) is 7.74. The first-order valence-electron chi connectivity index (χ1n) is 10.3. The van der Waals surface area contributed by atoms with Crippen molar-refractivity contribution in [3.05, 3.63) is 91.8 Å². The van der Waals surface area contributed by atoms with Crippen LogP contribution in [0.3, 0.4) is 0 Å². The Balaban J connectivity index is 1.80. The molecular formula is C26H22Cl2N2O2S. The van der Waals surface area contributed by atoms with Crippen LogP contribution in [0.1, 0.15) is 22.3 Å². The monoisotopic (exact) mass is 496 g/mol. The van der Waals surface area contributed by atoms with E-state index in [9.17, 15) is 4.79 Å². The van der Waals surface area contributed by atoms with Crippen LogP contribution in [0, 0.1) is 20.8 Å². The molecule has 0 N–H and O–H groups in total. The van der Waals surface area contributed by atoms with Crippen molar-refractivity contribution in [2.75, 3.05) is 12.0 Å². The molecule has 0 radical (unpaired) electrons. The van der Waals surface area contributed by atoms with Crippen LogP contribution in [0.15, 0.2) is 64.5 Å². The minimum absolute atomic E-state index is 0.170. The fraction of sp³-hybridized carbons (Fsp3) is 0.154. The second kappa shape index (κ2) is 9.64. The van der Waals surface area contributed by atoms with Gasteiger partial charge in [-0.3, -0.25) is 9.69 Å². The molecule has 0 bridgehead atoms. The van der Waals surface area contributed by atoms with Gasteiger partial charge in [0.25, 0.3) is 5.91 Å². The number of hydrogen-bond acceptors (Lipinski definition) is 4. The predicted octanol–water partition coefficient (Wildman–Crippen LogP) is 7.74. The number of rotatable bonds is 4. The van der Waals surface area contributed by atoms with Gasteiger partial charge >= 0.3 is 0 Å². The molecule has 0 saturated carbocycles. The van der Waals surface area contributed by atoms with Crippen molar-refractivity contribution in [1.29, 1.82) is 0 Å². The maximum Gasteiger partial charge on any atom is 0.271 e. The smallest absolute Gasteiger partial charge is 0.271 e. The SMILES string of the molecule is COc1cc(/C=C2\SC(=Nc3ccc(C)c(Cl)c3)N(c3ccc(C)c(Cl)c3)C2=O)ccc1C. The zero-order valence-electron chi connectivity index (χ0n) is 18.6. The van der Waals surface area contributed by atoms with E-state index < -0.39 is 0 Å². The van der Waals surface area contributed by atoms with Gasteiger partial charge in [-0.2, -0.15) is 0 Å². The summed E-state index contributed by atoms with van der Waals surface area (Å²) in [5, 5.41) is 1.74. The molecule has 7 heteroatoms. The van der Waals surface area contributed by atoms with E-state index >= 15 is 0 Å². The fourth-order valence-corrected chi connectivity index (χ4v) is 4.69. The van der Waals surface area contributed by atoms with Crippen LogP contribution >= 0.6 is 35.0 Å². The zero-order valence-corrected chi connectivity index (χ0v) is 21.0. The van der Waals surface area contributed by atoms with Gasteiger partial charge in [0.1, 0.15) is 5.75 Å². The molecule has 0 spiro atoms. The summed E-state index contributed by atoms with van der Waals surface area (Å²) in [6, 6.07) is 17.0. The number of ether oxygens (including phenoxy) is 1. The Labute approximate surface area is 207 Å². The van der Waals surface area contributed by atoms with Crippen LogP contribution in [0.2, 0.25) is 10.0 Å². The average Bonchev–Trinajstić information content (AvgIpc) is 3.08. The van der Waals surface area contributed by atoms with E-state index in [1.54, 1.807) is 24.1 Å². The highest BCUT2D eigenvalue weighted by Crippen LogP contribution is 2.39. The normalized spacial score (nSPS) is 16.2. The Hall–Kier alpha value is -2.73. The molecule has 0 aliphatic carbocycles. The van der Waals surface area contributed by atoms with Crippen LogP contribution in [-0.4, -0.2) is 18.2 Å². The number of benzene rings is 3. The van der Waals surface area contributed by atoms with Crippen molar-refractivity contribution < 1.29 is 9.53 Å². The quantitative estimate of drug-likeness (QED) is 0.346. The van der Waals surface area contributed by atoms with Gasteiger partial charge in [0, 0.05) is 10.0 Å². The number of nitrogens with zero attached hydrogens (tertiary/aromatic N) is 2. The highest BCUT2D eigenvalue weighted by atomic mass is 35.5. The largest absolute Gasteiger partial charge is 0.496 e. The Morgan fingerprint density at radius 2 is 1.58 bits per heavy atom. The molecule has 4 rings (SSSR count). The summed E-state index contributed by atoms with van der Waals surface area (Å²) in [5.74, 6) is 0.599. The first-order chi connectivity index (χ1) is 15.8. The van der Waals surface area contributed by atoms with Crippen molar-refractivity contribution in [1.82, 2.24) is 0 Å². The van der Waals surface area contributed by atoms with E-state index in [0.29, 0.717) is 31.5 Å². The number of anilines is 1. The Bertz CT molecular complexity index is 1320. The van der Waals surface area contributed by atoms with E-state index in [4.69, 9.17) is 32.9 Å². The van der Waals surface area contributed by atoms with Gasteiger partial charge in [-0.1, -0.05) is 47.5 Å². The van der Waals surface area contributed by atoms with Crippen LogP contribution < -0.4 is 9.64 Å². The summed E-state index contributed by atoms with van der Waals surface area (Å²) in [7, 11) is 1.63. The van der Waals surface area contributed by atoms with E-state index in [1.807, 2.05) is 69.3 Å². The molecule has 0 atom stereocenters. The summed E-state index contributed by atoms with van der Waals surface area (Å²) in [5.41, 5.74) is 5.12. The maximum absolute atomic E-state index is 13.5. The van der Waals surface area contributed by atoms with Crippen molar-refractivity contribution in [2.24, 2.45) is 4.99 Å². The van der Waals surface area contributed by atoms with E-state index in [2.05, 4.69) is 0 Å². The van der Waals surface area contributed by atoms with Crippen LogP contribution in [0.5, 0.6) is 5.75 Å². The number of amidine groups is 1. The molecule has 1 aliphatic rings. The Kier molecular flexibility index (Phi) is 6.84.